The van der Waals surface area contributed by atoms with Crippen LogP contribution in [0.2, 0.25) is 0 Å². The lowest BCUT2D eigenvalue weighted by molar-refractivity contribution is -0.907. The van der Waals surface area contributed by atoms with Crippen molar-refractivity contribution < 1.29 is 33.9 Å². The molecule has 10 nitrogen and oxygen atoms in total. The van der Waals surface area contributed by atoms with Gasteiger partial charge in [0.25, 0.3) is 5.91 Å². The molecule has 5 rings (SSSR count). The lowest BCUT2D eigenvalue weighted by Gasteiger charge is -2.30. The number of pyridine rings is 1. The number of ether oxygens (including phenoxy) is 2. The van der Waals surface area contributed by atoms with E-state index in [1.807, 2.05) is 6.07 Å². The normalized spacial score (nSPS) is 20.1. The average Bonchev–Trinajstić information content (AvgIpc) is 3.39. The van der Waals surface area contributed by atoms with Gasteiger partial charge in [-0.2, -0.15) is 0 Å². The van der Waals surface area contributed by atoms with Crippen LogP contribution in [-0.2, 0) is 19.1 Å². The molecule has 1 unspecified atom stereocenters. The van der Waals surface area contributed by atoms with Gasteiger partial charge in [0.05, 0.1) is 56.4 Å². The van der Waals surface area contributed by atoms with Crippen LogP contribution in [0.15, 0.2) is 54.2 Å². The van der Waals surface area contributed by atoms with E-state index in [2.05, 4.69) is 4.98 Å². The molecule has 10 heteroatoms. The number of Topliss-reactive ketones (excluding diaryl/α,β-unsaturated/α-hetero) is 1. The van der Waals surface area contributed by atoms with Crippen LogP contribution in [0.4, 0.5) is 0 Å². The van der Waals surface area contributed by atoms with Crippen LogP contribution in [0.1, 0.15) is 33.4 Å². The van der Waals surface area contributed by atoms with E-state index >= 15 is 0 Å². The Morgan fingerprint density at radius 1 is 1.16 bits per heavy atom. The molecular formula is C27H28N4O6. The quantitative estimate of drug-likeness (QED) is 0.210. The highest BCUT2D eigenvalue weighted by molar-refractivity contribution is 6.46. The first kappa shape index (κ1) is 24.7. The number of fused-ring (bicyclic) bond motifs is 1. The number of nitrogens with one attached hydrogen (secondary N) is 1. The third kappa shape index (κ3) is 4.49. The summed E-state index contributed by atoms with van der Waals surface area (Å²) in [5, 5.41) is 14.0. The number of ketones is 1. The maximum Gasteiger partial charge on any atom is 0.337 e. The van der Waals surface area contributed by atoms with Crippen LogP contribution in [0.25, 0.3) is 11.4 Å². The Kier molecular flexibility index (Phi) is 6.77. The number of methoxy groups -OCH3 is 1. The molecule has 4 heterocycles. The highest BCUT2D eigenvalue weighted by Crippen LogP contribution is 2.39. The fourth-order valence-electron chi connectivity index (χ4n) is 5.07. The van der Waals surface area contributed by atoms with Crippen molar-refractivity contribution >= 4 is 29.1 Å². The minimum atomic E-state index is -0.881. The summed E-state index contributed by atoms with van der Waals surface area (Å²) in [6.45, 7) is 5.54. The third-order valence-corrected chi connectivity index (χ3v) is 7.00. The van der Waals surface area contributed by atoms with Crippen LogP contribution >= 0.6 is 0 Å². The zero-order valence-electron chi connectivity index (χ0n) is 20.7. The number of hydrogen-bond donors (Lipinski definition) is 1. The molecule has 2 saturated heterocycles. The number of likely N-dealkylation sites (tertiary alicyclic amines) is 1. The Morgan fingerprint density at radius 2 is 1.89 bits per heavy atom. The van der Waals surface area contributed by atoms with Gasteiger partial charge >= 0.3 is 5.97 Å². The smallest absolute Gasteiger partial charge is 0.337 e. The molecule has 0 saturated carbocycles. The second kappa shape index (κ2) is 10.2. The first-order valence-electron chi connectivity index (χ1n) is 12.2. The van der Waals surface area contributed by atoms with Gasteiger partial charge in [-0.3, -0.25) is 9.59 Å². The monoisotopic (exact) mass is 504 g/mol. The number of hydrogen-bond acceptors (Lipinski definition) is 7. The van der Waals surface area contributed by atoms with Crippen molar-refractivity contribution in [3.8, 4) is 0 Å². The molecule has 2 aromatic heterocycles. The Morgan fingerprint density at radius 3 is 2.59 bits per heavy atom. The van der Waals surface area contributed by atoms with E-state index in [4.69, 9.17) is 9.47 Å². The Balaban J connectivity index is 1.60. The van der Waals surface area contributed by atoms with Gasteiger partial charge in [-0.15, -0.1) is 0 Å². The number of aryl methyl sites for hydroxylation is 1. The minimum Gasteiger partial charge on any atom is -0.871 e. The molecule has 1 aromatic carbocycles. The molecule has 2 aliphatic rings. The fourth-order valence-corrected chi connectivity index (χ4v) is 5.07. The molecule has 1 N–H and O–H groups in total. The summed E-state index contributed by atoms with van der Waals surface area (Å²) in [4.78, 5) is 45.8. The number of imidazole rings is 1. The molecule has 0 radical (unpaired) electrons. The highest BCUT2D eigenvalue weighted by atomic mass is 16.5. The van der Waals surface area contributed by atoms with Gasteiger partial charge in [0.2, 0.25) is 5.78 Å². The highest BCUT2D eigenvalue weighted by Gasteiger charge is 2.45. The number of benzene rings is 1. The standard InChI is InChI=1S/C27H28N4O6/c1-17-22(30-10-4-3-5-20(30)28-17)24(32)21-23(18-6-8-19(9-7-18)27(35)36-2)31(26(34)25(21)33)12-11-29-13-15-37-16-14-29/h3-10,23,32H,11-16H2,1-2H3. The zero-order chi connectivity index (χ0) is 26.1. The summed E-state index contributed by atoms with van der Waals surface area (Å²) >= 11 is 0. The van der Waals surface area contributed by atoms with Crippen LogP contribution in [0.5, 0.6) is 0 Å². The predicted octanol–water partition coefficient (Wildman–Crippen LogP) is -0.432. The molecule has 0 spiro atoms. The molecule has 0 aliphatic carbocycles. The summed E-state index contributed by atoms with van der Waals surface area (Å²) in [7, 11) is 1.29. The maximum atomic E-state index is 14.0. The van der Waals surface area contributed by atoms with Crippen LogP contribution in [-0.4, -0.2) is 78.4 Å². The molecule has 1 atom stereocenters. The number of amides is 1. The Hall–Kier alpha value is -4.02. The Labute approximate surface area is 213 Å². The van der Waals surface area contributed by atoms with Gasteiger partial charge in [-0.25, -0.2) is 9.78 Å². The maximum absolute atomic E-state index is 14.0. The van der Waals surface area contributed by atoms with Gasteiger partial charge in [0, 0.05) is 11.8 Å². The van der Waals surface area contributed by atoms with Gasteiger partial charge in [-0.05, 0) is 36.8 Å². The predicted molar refractivity (Wildman–Crippen MR) is 130 cm³/mol. The minimum absolute atomic E-state index is 0.110. The molecule has 1 amide bonds. The second-order valence-corrected chi connectivity index (χ2v) is 9.17. The number of nitrogens with zero attached hydrogens (tertiary/aromatic N) is 3. The van der Waals surface area contributed by atoms with E-state index in [0.29, 0.717) is 48.8 Å². The van der Waals surface area contributed by atoms with Crippen molar-refractivity contribution in [2.24, 2.45) is 0 Å². The largest absolute Gasteiger partial charge is 0.871 e. The number of rotatable bonds is 6. The molecule has 2 aliphatic heterocycles. The van der Waals surface area contributed by atoms with E-state index < -0.39 is 29.5 Å². The lowest BCUT2D eigenvalue weighted by atomic mass is 9.95. The van der Waals surface area contributed by atoms with Gasteiger partial charge in [-0.1, -0.05) is 24.0 Å². The molecule has 0 bridgehead atoms. The van der Waals surface area contributed by atoms with Crippen molar-refractivity contribution in [1.29, 1.82) is 0 Å². The molecule has 3 aromatic rings. The first-order valence-corrected chi connectivity index (χ1v) is 12.2. The topological polar surface area (TPSA) is 118 Å². The number of carbonyl (C=O) groups excluding carboxylic acids is 3. The third-order valence-electron chi connectivity index (χ3n) is 7.00. The number of aromatic nitrogens is 2. The Bertz CT molecular complexity index is 1390. The first-order chi connectivity index (χ1) is 17.9. The van der Waals surface area contributed by atoms with Gasteiger partial charge in [0.15, 0.2) is 0 Å². The number of carbonyl (C=O) groups is 3. The SMILES string of the molecule is COC(=O)c1ccc(C2C(=C([O-])c3c(C)nc4ccccn34)C(=O)C(=O)N2CC[NH+]2CCOCC2)cc1. The molecule has 2 fully saturated rings. The number of esters is 1. The molecule has 192 valence electrons. The van der Waals surface area contributed by atoms with E-state index in [1.54, 1.807) is 53.9 Å². The summed E-state index contributed by atoms with van der Waals surface area (Å²) in [6.07, 6.45) is 1.71. The zero-order valence-corrected chi connectivity index (χ0v) is 20.7. The average molecular weight is 505 g/mol. The number of quaternary nitrogens is 1. The van der Waals surface area contributed by atoms with E-state index in [-0.39, 0.29) is 11.3 Å². The van der Waals surface area contributed by atoms with Crippen molar-refractivity contribution in [3.63, 3.8) is 0 Å². The summed E-state index contributed by atoms with van der Waals surface area (Å²) in [5.41, 5.74) is 2.09. The second-order valence-electron chi connectivity index (χ2n) is 9.17. The van der Waals surface area contributed by atoms with Gasteiger partial charge < -0.3 is 28.8 Å². The lowest BCUT2D eigenvalue weighted by Crippen LogP contribution is -3.14. The van der Waals surface area contributed by atoms with Crippen molar-refractivity contribution in [2.45, 2.75) is 13.0 Å². The van der Waals surface area contributed by atoms with Crippen molar-refractivity contribution in [1.82, 2.24) is 14.3 Å². The molecular weight excluding hydrogens is 476 g/mol. The molecule has 37 heavy (non-hydrogen) atoms. The number of morpholine rings is 1. The van der Waals surface area contributed by atoms with E-state index in [0.717, 1.165) is 13.1 Å². The van der Waals surface area contributed by atoms with Gasteiger partial charge in [0.1, 0.15) is 18.7 Å². The fraction of sp³-hybridized carbons (Fsp3) is 0.333. The summed E-state index contributed by atoms with van der Waals surface area (Å²) in [6, 6.07) is 10.9. The summed E-state index contributed by atoms with van der Waals surface area (Å²) in [5.74, 6) is -2.55. The van der Waals surface area contributed by atoms with E-state index in [9.17, 15) is 19.5 Å². The van der Waals surface area contributed by atoms with E-state index in [1.165, 1.54) is 16.9 Å². The van der Waals surface area contributed by atoms with Crippen molar-refractivity contribution in [3.05, 3.63) is 76.7 Å². The van der Waals surface area contributed by atoms with Crippen LogP contribution in [0, 0.1) is 6.92 Å². The van der Waals surface area contributed by atoms with Crippen LogP contribution < -0.4 is 10.0 Å². The van der Waals surface area contributed by atoms with Crippen LogP contribution in [0.3, 0.4) is 0 Å². The van der Waals surface area contributed by atoms with Crippen molar-refractivity contribution in [2.75, 3.05) is 46.5 Å². The summed E-state index contributed by atoms with van der Waals surface area (Å²) < 4.78 is 11.9.